The average molecular weight is 187 g/mol. The third-order valence-corrected chi connectivity index (χ3v) is 2.98. The van der Waals surface area contributed by atoms with E-state index >= 15 is 0 Å². The molecule has 1 aliphatic carbocycles. The van der Waals surface area contributed by atoms with Crippen molar-refractivity contribution in [2.75, 3.05) is 13.2 Å². The third-order valence-electron chi connectivity index (χ3n) is 2.98. The number of nitrogens with one attached hydrogen (secondary N) is 1. The van der Waals surface area contributed by atoms with Crippen molar-refractivity contribution in [2.45, 2.75) is 44.8 Å². The lowest BCUT2D eigenvalue weighted by Crippen LogP contribution is -2.38. The van der Waals surface area contributed by atoms with Crippen molar-refractivity contribution in [1.82, 2.24) is 5.32 Å². The molecule has 0 radical (unpaired) electrons. The molecule has 1 saturated carbocycles. The van der Waals surface area contributed by atoms with E-state index in [-0.39, 0.29) is 12.7 Å². The molecule has 3 unspecified atom stereocenters. The summed E-state index contributed by atoms with van der Waals surface area (Å²) in [7, 11) is 0. The number of aliphatic hydroxyl groups excluding tert-OH is 2. The van der Waals surface area contributed by atoms with Gasteiger partial charge in [0.2, 0.25) is 0 Å². The maximum absolute atomic E-state index is 9.35. The SMILES string of the molecule is CCC(O)CNC1CCCC1CO. The van der Waals surface area contributed by atoms with Gasteiger partial charge in [-0.1, -0.05) is 13.3 Å². The largest absolute Gasteiger partial charge is 0.396 e. The Bertz CT molecular complexity index is 141. The molecule has 0 aromatic rings. The first-order chi connectivity index (χ1) is 6.27. The summed E-state index contributed by atoms with van der Waals surface area (Å²) >= 11 is 0. The molecule has 78 valence electrons. The Labute approximate surface area is 80.2 Å². The predicted octanol–water partition coefficient (Wildman–Crippen LogP) is 0.508. The zero-order chi connectivity index (χ0) is 9.68. The molecule has 0 bridgehead atoms. The third kappa shape index (κ3) is 3.25. The van der Waals surface area contributed by atoms with Crippen LogP contribution in [0.3, 0.4) is 0 Å². The first kappa shape index (κ1) is 11.0. The summed E-state index contributed by atoms with van der Waals surface area (Å²) in [4.78, 5) is 0. The van der Waals surface area contributed by atoms with Crippen LogP contribution in [0.2, 0.25) is 0 Å². The van der Waals surface area contributed by atoms with Crippen LogP contribution in [0.15, 0.2) is 0 Å². The topological polar surface area (TPSA) is 52.5 Å². The molecule has 3 heteroatoms. The van der Waals surface area contributed by atoms with Gasteiger partial charge in [0.1, 0.15) is 0 Å². The summed E-state index contributed by atoms with van der Waals surface area (Å²) in [5.41, 5.74) is 0. The van der Waals surface area contributed by atoms with Crippen molar-refractivity contribution >= 4 is 0 Å². The molecule has 1 fully saturated rings. The first-order valence-electron chi connectivity index (χ1n) is 5.30. The zero-order valence-corrected chi connectivity index (χ0v) is 8.37. The van der Waals surface area contributed by atoms with E-state index in [2.05, 4.69) is 5.32 Å². The van der Waals surface area contributed by atoms with Gasteiger partial charge in [0, 0.05) is 19.2 Å². The highest BCUT2D eigenvalue weighted by Crippen LogP contribution is 2.24. The number of aliphatic hydroxyl groups is 2. The molecule has 0 spiro atoms. The normalized spacial score (nSPS) is 30.7. The molecule has 0 saturated heterocycles. The first-order valence-corrected chi connectivity index (χ1v) is 5.30. The molecule has 0 amide bonds. The molecular weight excluding hydrogens is 166 g/mol. The molecule has 0 aromatic heterocycles. The second-order valence-electron chi connectivity index (χ2n) is 3.95. The lowest BCUT2D eigenvalue weighted by molar-refractivity contribution is 0.150. The van der Waals surface area contributed by atoms with Crippen LogP contribution in [0, 0.1) is 5.92 Å². The van der Waals surface area contributed by atoms with E-state index in [0.29, 0.717) is 18.5 Å². The zero-order valence-electron chi connectivity index (χ0n) is 8.37. The van der Waals surface area contributed by atoms with Crippen molar-refractivity contribution in [3.8, 4) is 0 Å². The van der Waals surface area contributed by atoms with E-state index in [4.69, 9.17) is 5.11 Å². The summed E-state index contributed by atoms with van der Waals surface area (Å²) in [6, 6.07) is 0.422. The van der Waals surface area contributed by atoms with E-state index in [1.165, 1.54) is 6.42 Å². The molecule has 3 N–H and O–H groups in total. The van der Waals surface area contributed by atoms with Crippen molar-refractivity contribution < 1.29 is 10.2 Å². The van der Waals surface area contributed by atoms with Crippen LogP contribution in [-0.4, -0.2) is 35.5 Å². The number of hydrogen-bond acceptors (Lipinski definition) is 3. The highest BCUT2D eigenvalue weighted by Gasteiger charge is 2.26. The number of rotatable bonds is 5. The monoisotopic (exact) mass is 187 g/mol. The van der Waals surface area contributed by atoms with Crippen LogP contribution in [0.1, 0.15) is 32.6 Å². The van der Waals surface area contributed by atoms with Crippen molar-refractivity contribution in [3.05, 3.63) is 0 Å². The van der Waals surface area contributed by atoms with Crippen LogP contribution in [-0.2, 0) is 0 Å². The van der Waals surface area contributed by atoms with E-state index in [1.54, 1.807) is 0 Å². The van der Waals surface area contributed by atoms with Gasteiger partial charge in [-0.15, -0.1) is 0 Å². The van der Waals surface area contributed by atoms with Gasteiger partial charge in [-0.05, 0) is 25.2 Å². The Morgan fingerprint density at radius 2 is 2.23 bits per heavy atom. The Hall–Kier alpha value is -0.120. The van der Waals surface area contributed by atoms with Gasteiger partial charge >= 0.3 is 0 Å². The van der Waals surface area contributed by atoms with E-state index in [1.807, 2.05) is 6.92 Å². The minimum atomic E-state index is -0.236. The molecular formula is C10H21NO2. The lowest BCUT2D eigenvalue weighted by atomic mass is 10.0. The molecule has 0 heterocycles. The summed E-state index contributed by atoms with van der Waals surface area (Å²) in [6.07, 6.45) is 4.02. The fourth-order valence-corrected chi connectivity index (χ4v) is 1.96. The smallest absolute Gasteiger partial charge is 0.0662 e. The molecule has 0 aromatic carbocycles. The Kier molecular flexibility index (Phi) is 4.70. The van der Waals surface area contributed by atoms with Crippen LogP contribution in [0.5, 0.6) is 0 Å². The molecule has 13 heavy (non-hydrogen) atoms. The van der Waals surface area contributed by atoms with Crippen LogP contribution in [0.25, 0.3) is 0 Å². The number of hydrogen-bond donors (Lipinski definition) is 3. The van der Waals surface area contributed by atoms with Crippen LogP contribution >= 0.6 is 0 Å². The molecule has 3 nitrogen and oxygen atoms in total. The minimum absolute atomic E-state index is 0.236. The fraction of sp³-hybridized carbons (Fsp3) is 1.00. The summed E-state index contributed by atoms with van der Waals surface area (Å²) in [5, 5.41) is 21.7. The van der Waals surface area contributed by atoms with Crippen molar-refractivity contribution in [2.24, 2.45) is 5.92 Å². The van der Waals surface area contributed by atoms with Crippen molar-refractivity contribution in [3.63, 3.8) is 0 Å². The van der Waals surface area contributed by atoms with Gasteiger partial charge in [-0.3, -0.25) is 0 Å². The Balaban J connectivity index is 2.19. The highest BCUT2D eigenvalue weighted by molar-refractivity contribution is 4.83. The Morgan fingerprint density at radius 1 is 1.46 bits per heavy atom. The average Bonchev–Trinajstić information content (AvgIpc) is 2.61. The van der Waals surface area contributed by atoms with Gasteiger partial charge in [0.15, 0.2) is 0 Å². The Morgan fingerprint density at radius 3 is 2.85 bits per heavy atom. The van der Waals surface area contributed by atoms with Gasteiger partial charge in [0.25, 0.3) is 0 Å². The molecule has 1 rings (SSSR count). The van der Waals surface area contributed by atoms with Gasteiger partial charge in [-0.25, -0.2) is 0 Å². The quantitative estimate of drug-likeness (QED) is 0.588. The standard InChI is InChI=1S/C10H21NO2/c1-2-9(13)6-11-10-5-3-4-8(10)7-12/h8-13H,2-7H2,1H3. The fourth-order valence-electron chi connectivity index (χ4n) is 1.96. The molecule has 1 aliphatic rings. The van der Waals surface area contributed by atoms with Crippen LogP contribution < -0.4 is 5.32 Å². The lowest BCUT2D eigenvalue weighted by Gasteiger charge is -2.20. The van der Waals surface area contributed by atoms with Gasteiger partial charge < -0.3 is 15.5 Å². The van der Waals surface area contributed by atoms with E-state index in [0.717, 1.165) is 19.3 Å². The molecule has 0 aliphatic heterocycles. The molecule has 3 atom stereocenters. The summed E-state index contributed by atoms with van der Waals surface area (Å²) < 4.78 is 0. The van der Waals surface area contributed by atoms with Crippen LogP contribution in [0.4, 0.5) is 0 Å². The predicted molar refractivity (Wildman–Crippen MR) is 52.5 cm³/mol. The van der Waals surface area contributed by atoms with Gasteiger partial charge in [0.05, 0.1) is 6.10 Å². The highest BCUT2D eigenvalue weighted by atomic mass is 16.3. The summed E-state index contributed by atoms with van der Waals surface area (Å²) in [5.74, 6) is 0.407. The second-order valence-corrected chi connectivity index (χ2v) is 3.95. The van der Waals surface area contributed by atoms with E-state index in [9.17, 15) is 5.11 Å². The van der Waals surface area contributed by atoms with E-state index < -0.39 is 0 Å². The van der Waals surface area contributed by atoms with Gasteiger partial charge in [-0.2, -0.15) is 0 Å². The van der Waals surface area contributed by atoms with Crippen molar-refractivity contribution in [1.29, 1.82) is 0 Å². The summed E-state index contributed by atoms with van der Waals surface area (Å²) in [6.45, 7) is 2.92. The second kappa shape index (κ2) is 5.58. The maximum Gasteiger partial charge on any atom is 0.0662 e. The maximum atomic E-state index is 9.35. The minimum Gasteiger partial charge on any atom is -0.396 e.